The van der Waals surface area contributed by atoms with Crippen molar-refractivity contribution in [3.8, 4) is 11.5 Å². The average Bonchev–Trinajstić information content (AvgIpc) is 2.63. The number of rotatable bonds is 7. The quantitative estimate of drug-likeness (QED) is 0.749. The Morgan fingerprint density at radius 1 is 1.12 bits per heavy atom. The van der Waals surface area contributed by atoms with Gasteiger partial charge < -0.3 is 20.1 Å². The SMILES string of the molecule is Cc1cccc(OCCNC(=O)COc2ccc3c(c2)CCC(=O)N3)c1. The number of carbonyl (C=O) groups excluding carboxylic acids is 2. The molecule has 6 heteroatoms. The van der Waals surface area contributed by atoms with E-state index in [1.54, 1.807) is 12.1 Å². The van der Waals surface area contributed by atoms with Crippen LogP contribution in [0.2, 0.25) is 0 Å². The van der Waals surface area contributed by atoms with E-state index in [1.807, 2.05) is 37.3 Å². The van der Waals surface area contributed by atoms with Crippen LogP contribution >= 0.6 is 0 Å². The number of aryl methyl sites for hydroxylation is 2. The Kier molecular flexibility index (Phi) is 5.73. The Morgan fingerprint density at radius 2 is 1.96 bits per heavy atom. The van der Waals surface area contributed by atoms with Gasteiger partial charge in [-0.05, 0) is 54.8 Å². The number of anilines is 1. The zero-order valence-electron chi connectivity index (χ0n) is 14.7. The van der Waals surface area contributed by atoms with E-state index in [-0.39, 0.29) is 18.4 Å². The van der Waals surface area contributed by atoms with Gasteiger partial charge in [0.25, 0.3) is 5.91 Å². The Morgan fingerprint density at radius 3 is 2.81 bits per heavy atom. The summed E-state index contributed by atoms with van der Waals surface area (Å²) in [4.78, 5) is 23.2. The molecule has 0 atom stereocenters. The molecule has 0 unspecified atom stereocenters. The third-order valence-corrected chi connectivity index (χ3v) is 4.02. The molecule has 136 valence electrons. The molecule has 0 bridgehead atoms. The maximum atomic E-state index is 11.9. The van der Waals surface area contributed by atoms with Gasteiger partial charge in [-0.3, -0.25) is 9.59 Å². The summed E-state index contributed by atoms with van der Waals surface area (Å²) in [7, 11) is 0. The summed E-state index contributed by atoms with van der Waals surface area (Å²) >= 11 is 0. The van der Waals surface area contributed by atoms with Crippen molar-refractivity contribution in [2.45, 2.75) is 19.8 Å². The molecule has 2 amide bonds. The van der Waals surface area contributed by atoms with Crippen molar-refractivity contribution < 1.29 is 19.1 Å². The van der Waals surface area contributed by atoms with E-state index in [1.165, 1.54) is 0 Å². The van der Waals surface area contributed by atoms with Crippen LogP contribution in [0.15, 0.2) is 42.5 Å². The summed E-state index contributed by atoms with van der Waals surface area (Å²) in [5.41, 5.74) is 2.96. The van der Waals surface area contributed by atoms with E-state index in [4.69, 9.17) is 9.47 Å². The zero-order valence-corrected chi connectivity index (χ0v) is 14.7. The second kappa shape index (κ2) is 8.38. The largest absolute Gasteiger partial charge is 0.492 e. The molecule has 0 fully saturated rings. The number of benzene rings is 2. The molecule has 0 aliphatic carbocycles. The number of ether oxygens (including phenoxy) is 2. The number of fused-ring (bicyclic) bond motifs is 1. The number of amides is 2. The van der Waals surface area contributed by atoms with Crippen molar-refractivity contribution in [3.63, 3.8) is 0 Å². The summed E-state index contributed by atoms with van der Waals surface area (Å²) in [6.07, 6.45) is 1.15. The molecule has 1 heterocycles. The summed E-state index contributed by atoms with van der Waals surface area (Å²) in [5, 5.41) is 5.58. The number of nitrogens with one attached hydrogen (secondary N) is 2. The van der Waals surface area contributed by atoms with E-state index in [2.05, 4.69) is 10.6 Å². The molecule has 2 aromatic carbocycles. The summed E-state index contributed by atoms with van der Waals surface area (Å²) < 4.78 is 11.1. The van der Waals surface area contributed by atoms with Gasteiger partial charge in [0.1, 0.15) is 18.1 Å². The maximum absolute atomic E-state index is 11.9. The smallest absolute Gasteiger partial charge is 0.258 e. The van der Waals surface area contributed by atoms with Crippen LogP contribution in [0.4, 0.5) is 5.69 Å². The first-order chi connectivity index (χ1) is 12.6. The number of hydrogen-bond donors (Lipinski definition) is 2. The number of carbonyl (C=O) groups is 2. The zero-order chi connectivity index (χ0) is 18.4. The molecule has 0 radical (unpaired) electrons. The molecule has 1 aliphatic heterocycles. The van der Waals surface area contributed by atoms with Crippen LogP contribution in [0.3, 0.4) is 0 Å². The van der Waals surface area contributed by atoms with Crippen LogP contribution in [0.5, 0.6) is 11.5 Å². The van der Waals surface area contributed by atoms with E-state index in [0.29, 0.717) is 31.7 Å². The van der Waals surface area contributed by atoms with Gasteiger partial charge in [0.2, 0.25) is 5.91 Å². The molecule has 1 aliphatic rings. The molecule has 0 spiro atoms. The van der Waals surface area contributed by atoms with Crippen LogP contribution in [0.25, 0.3) is 0 Å². The van der Waals surface area contributed by atoms with Gasteiger partial charge in [0.05, 0.1) is 6.54 Å². The standard InChI is InChI=1S/C20H22N2O4/c1-14-3-2-4-16(11-14)25-10-9-21-20(24)13-26-17-6-7-18-15(12-17)5-8-19(23)22-18/h2-4,6-7,11-12H,5,8-10,13H2,1H3,(H,21,24)(H,22,23). The Labute approximate surface area is 152 Å². The first-order valence-electron chi connectivity index (χ1n) is 8.62. The predicted octanol–water partition coefficient (Wildman–Crippen LogP) is 2.45. The monoisotopic (exact) mass is 354 g/mol. The van der Waals surface area contributed by atoms with E-state index in [0.717, 1.165) is 22.6 Å². The molecular formula is C20H22N2O4. The third kappa shape index (κ3) is 4.99. The lowest BCUT2D eigenvalue weighted by Crippen LogP contribution is -2.32. The van der Waals surface area contributed by atoms with Gasteiger partial charge in [-0.25, -0.2) is 0 Å². The van der Waals surface area contributed by atoms with Crippen LogP contribution in [0, 0.1) is 6.92 Å². The van der Waals surface area contributed by atoms with Gasteiger partial charge >= 0.3 is 0 Å². The first kappa shape index (κ1) is 17.8. The van der Waals surface area contributed by atoms with E-state index in [9.17, 15) is 9.59 Å². The minimum atomic E-state index is -0.205. The highest BCUT2D eigenvalue weighted by Crippen LogP contribution is 2.26. The fourth-order valence-corrected chi connectivity index (χ4v) is 2.71. The van der Waals surface area contributed by atoms with Crippen LogP contribution < -0.4 is 20.1 Å². The average molecular weight is 354 g/mol. The molecule has 2 aromatic rings. The summed E-state index contributed by atoms with van der Waals surface area (Å²) in [6.45, 7) is 2.75. The van der Waals surface area contributed by atoms with Gasteiger partial charge in [-0.1, -0.05) is 12.1 Å². The minimum absolute atomic E-state index is 0.0263. The number of hydrogen-bond acceptors (Lipinski definition) is 4. The van der Waals surface area contributed by atoms with Gasteiger partial charge in [0, 0.05) is 12.1 Å². The molecule has 6 nitrogen and oxygen atoms in total. The van der Waals surface area contributed by atoms with Crippen molar-refractivity contribution in [1.29, 1.82) is 0 Å². The molecule has 0 aromatic heterocycles. The Hall–Kier alpha value is -3.02. The van der Waals surface area contributed by atoms with Crippen molar-refractivity contribution in [1.82, 2.24) is 5.32 Å². The van der Waals surface area contributed by atoms with Crippen molar-refractivity contribution >= 4 is 17.5 Å². The van der Waals surface area contributed by atoms with Gasteiger partial charge in [-0.2, -0.15) is 0 Å². The topological polar surface area (TPSA) is 76.7 Å². The van der Waals surface area contributed by atoms with E-state index < -0.39 is 0 Å². The molecule has 0 saturated heterocycles. The Balaban J connectivity index is 1.38. The first-order valence-corrected chi connectivity index (χ1v) is 8.62. The highest BCUT2D eigenvalue weighted by atomic mass is 16.5. The molecule has 2 N–H and O–H groups in total. The van der Waals surface area contributed by atoms with Crippen LogP contribution in [-0.4, -0.2) is 31.6 Å². The van der Waals surface area contributed by atoms with Crippen LogP contribution in [0.1, 0.15) is 17.5 Å². The highest BCUT2D eigenvalue weighted by molar-refractivity contribution is 5.94. The lowest BCUT2D eigenvalue weighted by atomic mass is 10.0. The van der Waals surface area contributed by atoms with Crippen molar-refractivity contribution in [2.24, 2.45) is 0 Å². The van der Waals surface area contributed by atoms with E-state index >= 15 is 0 Å². The maximum Gasteiger partial charge on any atom is 0.258 e. The normalized spacial score (nSPS) is 12.7. The van der Waals surface area contributed by atoms with Crippen LogP contribution in [-0.2, 0) is 16.0 Å². The second-order valence-electron chi connectivity index (χ2n) is 6.17. The third-order valence-electron chi connectivity index (χ3n) is 4.02. The van der Waals surface area contributed by atoms with Crippen molar-refractivity contribution in [2.75, 3.05) is 25.1 Å². The predicted molar refractivity (Wildman–Crippen MR) is 98.6 cm³/mol. The molecule has 26 heavy (non-hydrogen) atoms. The lowest BCUT2D eigenvalue weighted by molar-refractivity contribution is -0.123. The Bertz CT molecular complexity index is 804. The van der Waals surface area contributed by atoms with Gasteiger partial charge in [-0.15, -0.1) is 0 Å². The molecule has 3 rings (SSSR count). The fraction of sp³-hybridized carbons (Fsp3) is 0.300. The molecular weight excluding hydrogens is 332 g/mol. The van der Waals surface area contributed by atoms with Gasteiger partial charge in [0.15, 0.2) is 6.61 Å². The second-order valence-corrected chi connectivity index (χ2v) is 6.17. The molecule has 0 saturated carbocycles. The summed E-state index contributed by atoms with van der Waals surface area (Å²) in [6, 6.07) is 13.2. The van der Waals surface area contributed by atoms with Crippen molar-refractivity contribution in [3.05, 3.63) is 53.6 Å². The highest BCUT2D eigenvalue weighted by Gasteiger charge is 2.15. The minimum Gasteiger partial charge on any atom is -0.492 e. The summed E-state index contributed by atoms with van der Waals surface area (Å²) in [5.74, 6) is 1.23. The fourth-order valence-electron chi connectivity index (χ4n) is 2.71. The lowest BCUT2D eigenvalue weighted by Gasteiger charge is -2.17.